The minimum absolute atomic E-state index is 0.273. The maximum atomic E-state index is 13.1. The highest BCUT2D eigenvalue weighted by Crippen LogP contribution is 2.37. The highest BCUT2D eigenvalue weighted by atomic mass is 35.5. The van der Waals surface area contributed by atoms with Crippen LogP contribution in [0.3, 0.4) is 0 Å². The first-order valence-corrected chi connectivity index (χ1v) is 11.7. The fourth-order valence-electron chi connectivity index (χ4n) is 3.44. The van der Waals surface area contributed by atoms with Crippen LogP contribution in [-0.2, 0) is 6.42 Å². The SMILES string of the molecule is Cc1onc(-c2c(Cl)cccc2Cl)c1C(=O)Nc1nc(-c2ccc(CC(C)C)cc2)cs1. The smallest absolute Gasteiger partial charge is 0.263 e. The third-order valence-corrected chi connectivity index (χ3v) is 6.30. The predicted octanol–water partition coefficient (Wildman–Crippen LogP) is 7.53. The van der Waals surface area contributed by atoms with E-state index in [1.807, 2.05) is 5.38 Å². The summed E-state index contributed by atoms with van der Waals surface area (Å²) >= 11 is 14.0. The van der Waals surface area contributed by atoms with Crippen LogP contribution >= 0.6 is 34.5 Å². The van der Waals surface area contributed by atoms with Crippen LogP contribution in [0.15, 0.2) is 52.4 Å². The number of amides is 1. The van der Waals surface area contributed by atoms with E-state index in [9.17, 15) is 4.79 Å². The van der Waals surface area contributed by atoms with E-state index < -0.39 is 0 Å². The van der Waals surface area contributed by atoms with Crippen molar-refractivity contribution in [2.24, 2.45) is 5.92 Å². The van der Waals surface area contributed by atoms with Gasteiger partial charge in [0.05, 0.1) is 15.7 Å². The number of aryl methyl sites for hydroxylation is 1. The third kappa shape index (κ3) is 4.72. The summed E-state index contributed by atoms with van der Waals surface area (Å²) in [7, 11) is 0. The van der Waals surface area contributed by atoms with Crippen molar-refractivity contribution >= 4 is 45.6 Å². The van der Waals surface area contributed by atoms with Gasteiger partial charge in [0.15, 0.2) is 5.13 Å². The predicted molar refractivity (Wildman–Crippen MR) is 131 cm³/mol. The second kappa shape index (κ2) is 9.45. The Labute approximate surface area is 200 Å². The van der Waals surface area contributed by atoms with Crippen LogP contribution < -0.4 is 5.32 Å². The number of carbonyl (C=O) groups excluding carboxylic acids is 1. The van der Waals surface area contributed by atoms with Gasteiger partial charge in [-0.05, 0) is 37.0 Å². The second-order valence-corrected chi connectivity index (χ2v) is 9.52. The molecular formula is C24H21Cl2N3O2S. The van der Waals surface area contributed by atoms with Gasteiger partial charge in [0.1, 0.15) is 17.0 Å². The van der Waals surface area contributed by atoms with Crippen LogP contribution in [-0.4, -0.2) is 16.0 Å². The number of hydrogen-bond acceptors (Lipinski definition) is 5. The van der Waals surface area contributed by atoms with E-state index >= 15 is 0 Å². The molecule has 0 aliphatic carbocycles. The lowest BCUT2D eigenvalue weighted by Crippen LogP contribution is -2.13. The third-order valence-electron chi connectivity index (χ3n) is 4.91. The van der Waals surface area contributed by atoms with Gasteiger partial charge in [0.25, 0.3) is 5.91 Å². The molecule has 2 aromatic heterocycles. The monoisotopic (exact) mass is 485 g/mol. The highest BCUT2D eigenvalue weighted by molar-refractivity contribution is 7.14. The number of aromatic nitrogens is 2. The van der Waals surface area contributed by atoms with E-state index in [0.717, 1.165) is 17.7 Å². The Bertz CT molecular complexity index is 1240. The molecule has 2 aromatic carbocycles. The van der Waals surface area contributed by atoms with Crippen LogP contribution in [0.4, 0.5) is 5.13 Å². The molecule has 4 rings (SSSR count). The largest absolute Gasteiger partial charge is 0.360 e. The number of thiazole rings is 1. The van der Waals surface area contributed by atoms with Crippen LogP contribution in [0.25, 0.3) is 22.5 Å². The Balaban J connectivity index is 1.56. The molecule has 1 N–H and O–H groups in total. The molecule has 0 fully saturated rings. The van der Waals surface area contributed by atoms with E-state index in [1.165, 1.54) is 16.9 Å². The average Bonchev–Trinajstić information content (AvgIpc) is 3.35. The first-order valence-electron chi connectivity index (χ1n) is 10.1. The standard InChI is InChI=1S/C24H21Cl2N3O2S/c1-13(2)11-15-7-9-16(10-8-15)19-12-32-24(27-19)28-23(30)20-14(3)31-29-22(20)21-17(25)5-4-6-18(21)26/h4-10,12-13H,11H2,1-3H3,(H,27,28,30). The highest BCUT2D eigenvalue weighted by Gasteiger charge is 2.25. The molecule has 0 spiro atoms. The molecule has 0 aliphatic heterocycles. The van der Waals surface area contributed by atoms with E-state index in [1.54, 1.807) is 25.1 Å². The molecule has 4 aromatic rings. The lowest BCUT2D eigenvalue weighted by atomic mass is 10.0. The van der Waals surface area contributed by atoms with Gasteiger partial charge >= 0.3 is 0 Å². The molecule has 2 heterocycles. The van der Waals surface area contributed by atoms with Gasteiger partial charge in [-0.2, -0.15) is 0 Å². The van der Waals surface area contributed by atoms with E-state index in [2.05, 4.69) is 53.6 Å². The molecule has 0 unspecified atom stereocenters. The number of hydrogen-bond donors (Lipinski definition) is 1. The van der Waals surface area contributed by atoms with Crippen molar-refractivity contribution in [1.29, 1.82) is 0 Å². The van der Waals surface area contributed by atoms with Gasteiger partial charge in [-0.15, -0.1) is 11.3 Å². The van der Waals surface area contributed by atoms with E-state index in [0.29, 0.717) is 38.1 Å². The lowest BCUT2D eigenvalue weighted by molar-refractivity contribution is 0.102. The van der Waals surface area contributed by atoms with Crippen LogP contribution in [0.5, 0.6) is 0 Å². The topological polar surface area (TPSA) is 68.0 Å². The van der Waals surface area contributed by atoms with Crippen LogP contribution in [0.2, 0.25) is 10.0 Å². The summed E-state index contributed by atoms with van der Waals surface area (Å²) in [5.41, 5.74) is 4.13. The molecule has 32 heavy (non-hydrogen) atoms. The van der Waals surface area contributed by atoms with Crippen molar-refractivity contribution in [1.82, 2.24) is 10.1 Å². The molecule has 0 aliphatic rings. The van der Waals surface area contributed by atoms with Gasteiger partial charge in [-0.25, -0.2) is 4.98 Å². The summed E-state index contributed by atoms with van der Waals surface area (Å²) in [5, 5.41) is 10.0. The van der Waals surface area contributed by atoms with Crippen molar-refractivity contribution in [2.75, 3.05) is 5.32 Å². The Kier molecular flexibility index (Phi) is 6.65. The first-order chi connectivity index (χ1) is 15.3. The van der Waals surface area contributed by atoms with Gasteiger partial charge in [0, 0.05) is 16.5 Å². The average molecular weight is 486 g/mol. The van der Waals surface area contributed by atoms with Crippen LogP contribution in [0, 0.1) is 12.8 Å². The molecule has 5 nitrogen and oxygen atoms in total. The molecule has 164 valence electrons. The number of rotatable bonds is 6. The number of benzene rings is 2. The number of carbonyl (C=O) groups is 1. The molecule has 1 amide bonds. The normalized spacial score (nSPS) is 11.2. The summed E-state index contributed by atoms with van der Waals surface area (Å²) in [4.78, 5) is 17.6. The molecule has 0 bridgehead atoms. The summed E-state index contributed by atoms with van der Waals surface area (Å²) < 4.78 is 5.29. The Morgan fingerprint density at radius 2 is 1.81 bits per heavy atom. The summed E-state index contributed by atoms with van der Waals surface area (Å²) in [5.74, 6) is 0.585. The quantitative estimate of drug-likeness (QED) is 0.306. The van der Waals surface area contributed by atoms with Crippen molar-refractivity contribution in [2.45, 2.75) is 27.2 Å². The van der Waals surface area contributed by atoms with E-state index in [4.69, 9.17) is 27.7 Å². The number of nitrogens with one attached hydrogen (secondary N) is 1. The zero-order valence-electron chi connectivity index (χ0n) is 17.8. The number of nitrogens with zero attached hydrogens (tertiary/aromatic N) is 2. The fourth-order valence-corrected chi connectivity index (χ4v) is 4.73. The molecule has 0 saturated heterocycles. The maximum Gasteiger partial charge on any atom is 0.263 e. The van der Waals surface area contributed by atoms with Crippen molar-refractivity contribution in [3.8, 4) is 22.5 Å². The summed E-state index contributed by atoms with van der Waals surface area (Å²) in [6.07, 6.45) is 1.04. The summed E-state index contributed by atoms with van der Waals surface area (Å²) in [6.45, 7) is 6.07. The van der Waals surface area contributed by atoms with Crippen LogP contribution in [0.1, 0.15) is 35.5 Å². The minimum Gasteiger partial charge on any atom is -0.360 e. The van der Waals surface area contributed by atoms with Crippen molar-refractivity contribution < 1.29 is 9.32 Å². The molecular weight excluding hydrogens is 465 g/mol. The maximum absolute atomic E-state index is 13.1. The zero-order chi connectivity index (χ0) is 22.8. The number of halogens is 2. The van der Waals surface area contributed by atoms with E-state index in [-0.39, 0.29) is 11.5 Å². The Hall–Kier alpha value is -2.67. The Morgan fingerprint density at radius 1 is 1.12 bits per heavy atom. The van der Waals surface area contributed by atoms with Gasteiger partial charge < -0.3 is 4.52 Å². The Morgan fingerprint density at radius 3 is 2.47 bits per heavy atom. The minimum atomic E-state index is -0.386. The molecule has 0 saturated carbocycles. The van der Waals surface area contributed by atoms with Gasteiger partial charge in [-0.3, -0.25) is 10.1 Å². The lowest BCUT2D eigenvalue weighted by Gasteiger charge is -2.06. The summed E-state index contributed by atoms with van der Waals surface area (Å²) in [6, 6.07) is 13.5. The molecule has 8 heteroatoms. The van der Waals surface area contributed by atoms with Crippen molar-refractivity contribution in [3.63, 3.8) is 0 Å². The van der Waals surface area contributed by atoms with Crippen molar-refractivity contribution in [3.05, 3.63) is 74.8 Å². The second-order valence-electron chi connectivity index (χ2n) is 7.85. The fraction of sp³-hybridized carbons (Fsp3) is 0.208. The van der Waals surface area contributed by atoms with Gasteiger partial charge in [0.2, 0.25) is 0 Å². The number of anilines is 1. The molecule has 0 atom stereocenters. The molecule has 0 radical (unpaired) electrons. The zero-order valence-corrected chi connectivity index (χ0v) is 20.1. The van der Waals surface area contributed by atoms with Gasteiger partial charge in [-0.1, -0.05) is 72.5 Å². The first kappa shape index (κ1) is 22.5.